The normalized spacial score (nSPS) is 10.4. The van der Waals surface area contributed by atoms with E-state index in [1.807, 2.05) is 25.1 Å². The Bertz CT molecular complexity index is 340. The van der Waals surface area contributed by atoms with E-state index in [-0.39, 0.29) is 5.97 Å². The maximum Gasteiger partial charge on any atom is 0.308 e. The number of hydrogen-bond donors (Lipinski definition) is 0. The van der Waals surface area contributed by atoms with Gasteiger partial charge in [-0.3, -0.25) is 4.79 Å². The molecule has 14 heavy (non-hydrogen) atoms. The lowest BCUT2D eigenvalue weighted by Gasteiger charge is -2.14. The second kappa shape index (κ2) is 4.27. The third-order valence-electron chi connectivity index (χ3n) is 2.12. The lowest BCUT2D eigenvalue weighted by atomic mass is 9.97. The van der Waals surface area contributed by atoms with Gasteiger partial charge in [0.25, 0.3) is 0 Å². The molecule has 0 radical (unpaired) electrons. The zero-order valence-electron chi connectivity index (χ0n) is 9.13. The first kappa shape index (κ1) is 10.8. The van der Waals surface area contributed by atoms with Gasteiger partial charge in [0, 0.05) is 12.5 Å². The van der Waals surface area contributed by atoms with E-state index in [0.29, 0.717) is 11.7 Å². The molecule has 0 saturated heterocycles. The van der Waals surface area contributed by atoms with E-state index < -0.39 is 0 Å². The fourth-order valence-corrected chi connectivity index (χ4v) is 1.64. The summed E-state index contributed by atoms with van der Waals surface area (Å²) in [7, 11) is 0. The highest BCUT2D eigenvalue weighted by Gasteiger charge is 2.11. The van der Waals surface area contributed by atoms with E-state index in [2.05, 4.69) is 13.8 Å². The van der Waals surface area contributed by atoms with E-state index in [1.54, 1.807) is 0 Å². The van der Waals surface area contributed by atoms with Crippen molar-refractivity contribution in [3.63, 3.8) is 0 Å². The molecule has 1 aromatic rings. The van der Waals surface area contributed by atoms with Crippen LogP contribution in [0.25, 0.3) is 0 Å². The van der Waals surface area contributed by atoms with Gasteiger partial charge in [0.1, 0.15) is 5.75 Å². The van der Waals surface area contributed by atoms with Crippen molar-refractivity contribution in [1.82, 2.24) is 0 Å². The molecule has 0 heterocycles. The zero-order valence-corrected chi connectivity index (χ0v) is 9.13. The van der Waals surface area contributed by atoms with Crippen molar-refractivity contribution in [3.05, 3.63) is 29.3 Å². The minimum Gasteiger partial charge on any atom is -0.426 e. The van der Waals surface area contributed by atoms with Crippen molar-refractivity contribution in [2.45, 2.75) is 33.6 Å². The SMILES string of the molecule is CC(=O)Oc1cccc(C)c1C(C)C. The second-order valence-electron chi connectivity index (χ2n) is 3.74. The smallest absolute Gasteiger partial charge is 0.308 e. The topological polar surface area (TPSA) is 26.3 Å². The van der Waals surface area contributed by atoms with Crippen LogP contribution in [0.15, 0.2) is 18.2 Å². The van der Waals surface area contributed by atoms with E-state index >= 15 is 0 Å². The summed E-state index contributed by atoms with van der Waals surface area (Å²) in [5, 5.41) is 0. The summed E-state index contributed by atoms with van der Waals surface area (Å²) in [6, 6.07) is 5.77. The molecule has 0 aromatic heterocycles. The first-order chi connectivity index (χ1) is 6.52. The molecule has 0 atom stereocenters. The number of carbonyl (C=O) groups is 1. The molecule has 0 fully saturated rings. The lowest BCUT2D eigenvalue weighted by molar-refractivity contribution is -0.131. The number of carbonyl (C=O) groups excluding carboxylic acids is 1. The molecule has 0 spiro atoms. The van der Waals surface area contributed by atoms with Crippen molar-refractivity contribution in [1.29, 1.82) is 0 Å². The number of esters is 1. The van der Waals surface area contributed by atoms with Crippen LogP contribution in [0.3, 0.4) is 0 Å². The van der Waals surface area contributed by atoms with Gasteiger partial charge in [0.05, 0.1) is 0 Å². The minimum absolute atomic E-state index is 0.266. The molecule has 1 rings (SSSR count). The van der Waals surface area contributed by atoms with Crippen LogP contribution in [0.4, 0.5) is 0 Å². The zero-order chi connectivity index (χ0) is 10.7. The molecule has 1 aromatic carbocycles. The van der Waals surface area contributed by atoms with Crippen molar-refractivity contribution < 1.29 is 9.53 Å². The summed E-state index contributed by atoms with van der Waals surface area (Å²) in [6.45, 7) is 7.64. The van der Waals surface area contributed by atoms with Crippen LogP contribution >= 0.6 is 0 Å². The Morgan fingerprint density at radius 1 is 1.36 bits per heavy atom. The van der Waals surface area contributed by atoms with Crippen molar-refractivity contribution in [2.24, 2.45) is 0 Å². The molecule has 0 unspecified atom stereocenters. The van der Waals surface area contributed by atoms with Crippen LogP contribution in [-0.4, -0.2) is 5.97 Å². The average Bonchev–Trinajstić information content (AvgIpc) is 2.01. The van der Waals surface area contributed by atoms with Gasteiger partial charge in [-0.2, -0.15) is 0 Å². The van der Waals surface area contributed by atoms with Gasteiger partial charge >= 0.3 is 5.97 Å². The van der Waals surface area contributed by atoms with Gasteiger partial charge in [-0.05, 0) is 24.5 Å². The summed E-state index contributed by atoms with van der Waals surface area (Å²) in [5.41, 5.74) is 2.28. The Morgan fingerprint density at radius 3 is 2.50 bits per heavy atom. The van der Waals surface area contributed by atoms with Gasteiger partial charge in [-0.15, -0.1) is 0 Å². The monoisotopic (exact) mass is 192 g/mol. The Hall–Kier alpha value is -1.31. The van der Waals surface area contributed by atoms with E-state index in [0.717, 1.165) is 5.56 Å². The van der Waals surface area contributed by atoms with Gasteiger partial charge in [0.15, 0.2) is 0 Å². The maximum absolute atomic E-state index is 10.9. The summed E-state index contributed by atoms with van der Waals surface area (Å²) in [5.74, 6) is 0.788. The van der Waals surface area contributed by atoms with E-state index in [9.17, 15) is 4.79 Å². The molecule has 0 saturated carbocycles. The average molecular weight is 192 g/mol. The molecule has 0 amide bonds. The summed E-state index contributed by atoms with van der Waals surface area (Å²) in [4.78, 5) is 10.9. The molecular weight excluding hydrogens is 176 g/mol. The number of aryl methyl sites for hydroxylation is 1. The van der Waals surface area contributed by atoms with E-state index in [4.69, 9.17) is 4.74 Å². The van der Waals surface area contributed by atoms with E-state index in [1.165, 1.54) is 12.5 Å². The van der Waals surface area contributed by atoms with Gasteiger partial charge in [0.2, 0.25) is 0 Å². The fourth-order valence-electron chi connectivity index (χ4n) is 1.64. The standard InChI is InChI=1S/C12H16O2/c1-8(2)12-9(3)6-5-7-11(12)14-10(4)13/h5-8H,1-4H3. The first-order valence-corrected chi connectivity index (χ1v) is 4.80. The van der Waals surface area contributed by atoms with Crippen LogP contribution in [-0.2, 0) is 4.79 Å². The molecular formula is C12H16O2. The Balaban J connectivity index is 3.14. The fraction of sp³-hybridized carbons (Fsp3) is 0.417. The van der Waals surface area contributed by atoms with Crippen molar-refractivity contribution >= 4 is 5.97 Å². The molecule has 2 heteroatoms. The molecule has 0 aliphatic carbocycles. The molecule has 0 aliphatic heterocycles. The minimum atomic E-state index is -0.266. The van der Waals surface area contributed by atoms with Gasteiger partial charge < -0.3 is 4.74 Å². The van der Waals surface area contributed by atoms with Crippen LogP contribution in [0.5, 0.6) is 5.75 Å². The quantitative estimate of drug-likeness (QED) is 0.531. The summed E-state index contributed by atoms with van der Waals surface area (Å²) >= 11 is 0. The van der Waals surface area contributed by atoms with Gasteiger partial charge in [-0.1, -0.05) is 26.0 Å². The Morgan fingerprint density at radius 2 is 2.00 bits per heavy atom. The third kappa shape index (κ3) is 2.34. The van der Waals surface area contributed by atoms with Crippen LogP contribution in [0, 0.1) is 6.92 Å². The van der Waals surface area contributed by atoms with Gasteiger partial charge in [-0.25, -0.2) is 0 Å². The lowest BCUT2D eigenvalue weighted by Crippen LogP contribution is -2.05. The Kier molecular flexibility index (Phi) is 3.28. The second-order valence-corrected chi connectivity index (χ2v) is 3.74. The highest BCUT2D eigenvalue weighted by molar-refractivity contribution is 5.70. The highest BCUT2D eigenvalue weighted by Crippen LogP contribution is 2.29. The maximum atomic E-state index is 10.9. The summed E-state index contributed by atoms with van der Waals surface area (Å²) in [6.07, 6.45) is 0. The predicted molar refractivity (Wildman–Crippen MR) is 56.6 cm³/mol. The van der Waals surface area contributed by atoms with Crippen molar-refractivity contribution in [2.75, 3.05) is 0 Å². The molecule has 0 N–H and O–H groups in total. The number of benzene rings is 1. The number of ether oxygens (including phenoxy) is 1. The highest BCUT2D eigenvalue weighted by atomic mass is 16.5. The predicted octanol–water partition coefficient (Wildman–Crippen LogP) is 3.04. The van der Waals surface area contributed by atoms with Crippen LogP contribution in [0.2, 0.25) is 0 Å². The molecule has 0 bridgehead atoms. The number of rotatable bonds is 2. The molecule has 2 nitrogen and oxygen atoms in total. The Labute approximate surface area is 84.9 Å². The summed E-state index contributed by atoms with van der Waals surface area (Å²) < 4.78 is 5.15. The first-order valence-electron chi connectivity index (χ1n) is 4.80. The third-order valence-corrected chi connectivity index (χ3v) is 2.12. The van der Waals surface area contributed by atoms with Crippen molar-refractivity contribution in [3.8, 4) is 5.75 Å². The van der Waals surface area contributed by atoms with Crippen LogP contribution < -0.4 is 4.74 Å². The molecule has 0 aliphatic rings. The number of hydrogen-bond acceptors (Lipinski definition) is 2. The molecule has 76 valence electrons. The largest absolute Gasteiger partial charge is 0.426 e. The van der Waals surface area contributed by atoms with Crippen LogP contribution in [0.1, 0.15) is 37.8 Å².